The number of carbonyl (C=O) groups excluding carboxylic acids is 2. The Morgan fingerprint density at radius 3 is 2.47 bits per heavy atom. The third-order valence-electron chi connectivity index (χ3n) is 4.27. The van der Waals surface area contributed by atoms with Crippen molar-refractivity contribution in [3.8, 4) is 5.69 Å². The van der Waals surface area contributed by atoms with Crippen molar-refractivity contribution in [2.75, 3.05) is 0 Å². The number of fused-ring (bicyclic) bond motifs is 1. The van der Waals surface area contributed by atoms with E-state index in [0.717, 1.165) is 28.5 Å². The van der Waals surface area contributed by atoms with Crippen LogP contribution in [0.4, 0.5) is 13.6 Å². The standard InChI is InChI=1S/C22H22F2N4O3S/c1-12(18(29)26-20(31)27-22(2,3)4)32-21-25-16-8-6-5-7-14(16)19(30)28(21)17-10-9-13(23)11-15(17)24/h5-12H,1-4H3,(H2,26,27,29,31). The van der Waals surface area contributed by atoms with Crippen LogP contribution in [0.5, 0.6) is 0 Å². The van der Waals surface area contributed by atoms with Gasteiger partial charge < -0.3 is 5.32 Å². The molecule has 0 radical (unpaired) electrons. The topological polar surface area (TPSA) is 93.1 Å². The second-order valence-electron chi connectivity index (χ2n) is 8.10. The van der Waals surface area contributed by atoms with E-state index < -0.39 is 39.9 Å². The molecule has 2 N–H and O–H groups in total. The maximum Gasteiger partial charge on any atom is 0.321 e. The highest BCUT2D eigenvalue weighted by Crippen LogP contribution is 2.26. The highest BCUT2D eigenvalue weighted by molar-refractivity contribution is 8.00. The van der Waals surface area contributed by atoms with E-state index in [1.54, 1.807) is 45.0 Å². The van der Waals surface area contributed by atoms with Gasteiger partial charge in [0.2, 0.25) is 5.91 Å². The normalized spacial score (nSPS) is 12.4. The number of imide groups is 1. The summed E-state index contributed by atoms with van der Waals surface area (Å²) in [6, 6.07) is 8.67. The van der Waals surface area contributed by atoms with Gasteiger partial charge in [0.25, 0.3) is 5.56 Å². The van der Waals surface area contributed by atoms with Crippen LogP contribution in [-0.2, 0) is 4.79 Å². The molecule has 10 heteroatoms. The Morgan fingerprint density at radius 1 is 1.12 bits per heavy atom. The summed E-state index contributed by atoms with van der Waals surface area (Å²) in [5.74, 6) is -2.36. The van der Waals surface area contributed by atoms with Crippen molar-refractivity contribution in [3.05, 3.63) is 64.5 Å². The number of para-hydroxylation sites is 1. The minimum Gasteiger partial charge on any atom is -0.333 e. The number of hydrogen-bond donors (Lipinski definition) is 2. The molecule has 0 aliphatic rings. The number of nitrogens with one attached hydrogen (secondary N) is 2. The number of aromatic nitrogens is 2. The molecule has 0 saturated carbocycles. The zero-order chi connectivity index (χ0) is 23.6. The average Bonchev–Trinajstić information content (AvgIpc) is 2.67. The lowest BCUT2D eigenvalue weighted by Crippen LogP contribution is -2.49. The number of amides is 3. The third-order valence-corrected chi connectivity index (χ3v) is 5.32. The largest absolute Gasteiger partial charge is 0.333 e. The van der Waals surface area contributed by atoms with Crippen LogP contribution >= 0.6 is 11.8 Å². The molecule has 168 valence electrons. The van der Waals surface area contributed by atoms with Gasteiger partial charge in [0.05, 0.1) is 21.8 Å². The summed E-state index contributed by atoms with van der Waals surface area (Å²) in [6.07, 6.45) is 0. The fourth-order valence-electron chi connectivity index (χ4n) is 2.86. The highest BCUT2D eigenvalue weighted by atomic mass is 32.2. The monoisotopic (exact) mass is 460 g/mol. The van der Waals surface area contributed by atoms with Crippen LogP contribution in [0.15, 0.2) is 52.4 Å². The summed E-state index contributed by atoms with van der Waals surface area (Å²) >= 11 is 0.874. The quantitative estimate of drug-likeness (QED) is 0.457. The number of rotatable bonds is 4. The summed E-state index contributed by atoms with van der Waals surface area (Å²) < 4.78 is 29.0. The molecular formula is C22H22F2N4O3S. The van der Waals surface area contributed by atoms with E-state index in [-0.39, 0.29) is 16.2 Å². The van der Waals surface area contributed by atoms with E-state index in [4.69, 9.17) is 0 Å². The number of hydrogen-bond acceptors (Lipinski definition) is 5. The Labute approximate surface area is 187 Å². The van der Waals surface area contributed by atoms with Crippen LogP contribution in [0.1, 0.15) is 27.7 Å². The van der Waals surface area contributed by atoms with Gasteiger partial charge in [0.15, 0.2) is 5.16 Å². The molecular weight excluding hydrogens is 438 g/mol. The SMILES string of the molecule is CC(Sc1nc2ccccc2c(=O)n1-c1ccc(F)cc1F)C(=O)NC(=O)NC(C)(C)C. The fourth-order valence-corrected chi connectivity index (χ4v) is 3.78. The first-order valence-electron chi connectivity index (χ1n) is 9.73. The number of thioether (sulfide) groups is 1. The average molecular weight is 461 g/mol. The first-order valence-corrected chi connectivity index (χ1v) is 10.6. The smallest absolute Gasteiger partial charge is 0.321 e. The Hall–Kier alpha value is -3.27. The van der Waals surface area contributed by atoms with Gasteiger partial charge in [-0.05, 0) is 52.0 Å². The number of halogens is 2. The van der Waals surface area contributed by atoms with Crippen molar-refractivity contribution >= 4 is 34.6 Å². The van der Waals surface area contributed by atoms with Gasteiger partial charge in [-0.25, -0.2) is 18.6 Å². The van der Waals surface area contributed by atoms with Crippen molar-refractivity contribution in [3.63, 3.8) is 0 Å². The first-order chi connectivity index (χ1) is 15.0. The molecule has 0 aliphatic carbocycles. The summed E-state index contributed by atoms with van der Waals surface area (Å²) in [7, 11) is 0. The minimum absolute atomic E-state index is 0.0260. The van der Waals surface area contributed by atoms with Crippen LogP contribution < -0.4 is 16.2 Å². The fraction of sp³-hybridized carbons (Fsp3) is 0.273. The summed E-state index contributed by atoms with van der Waals surface area (Å²) in [5, 5.41) is 4.26. The van der Waals surface area contributed by atoms with Crippen molar-refractivity contribution in [2.45, 2.75) is 43.6 Å². The van der Waals surface area contributed by atoms with Crippen molar-refractivity contribution in [1.29, 1.82) is 0 Å². The van der Waals surface area contributed by atoms with E-state index >= 15 is 0 Å². The summed E-state index contributed by atoms with van der Waals surface area (Å²) in [4.78, 5) is 42.1. The number of nitrogens with zero attached hydrogens (tertiary/aromatic N) is 2. The lowest BCUT2D eigenvalue weighted by molar-refractivity contribution is -0.119. The predicted octanol–water partition coefficient (Wildman–Crippen LogP) is 3.77. The number of urea groups is 1. The molecule has 0 bridgehead atoms. The summed E-state index contributed by atoms with van der Waals surface area (Å²) in [5.41, 5.74) is -0.949. The van der Waals surface area contributed by atoms with E-state index in [1.165, 1.54) is 6.92 Å². The molecule has 1 heterocycles. The molecule has 3 rings (SSSR count). The van der Waals surface area contributed by atoms with E-state index in [1.807, 2.05) is 0 Å². The van der Waals surface area contributed by atoms with Crippen LogP contribution in [0.2, 0.25) is 0 Å². The van der Waals surface area contributed by atoms with Crippen LogP contribution in [0.25, 0.3) is 16.6 Å². The molecule has 3 aromatic rings. The number of carbonyl (C=O) groups is 2. The zero-order valence-corrected chi connectivity index (χ0v) is 18.7. The molecule has 0 aliphatic heterocycles. The number of benzene rings is 2. The predicted molar refractivity (Wildman–Crippen MR) is 119 cm³/mol. The molecule has 1 aromatic heterocycles. The van der Waals surface area contributed by atoms with Gasteiger partial charge in [-0.3, -0.25) is 19.5 Å². The molecule has 2 aromatic carbocycles. The van der Waals surface area contributed by atoms with Gasteiger partial charge >= 0.3 is 6.03 Å². The second-order valence-corrected chi connectivity index (χ2v) is 9.41. The summed E-state index contributed by atoms with van der Waals surface area (Å²) in [6.45, 7) is 6.83. The maximum absolute atomic E-state index is 14.6. The Balaban J connectivity index is 2.01. The molecule has 32 heavy (non-hydrogen) atoms. The van der Waals surface area contributed by atoms with Crippen molar-refractivity contribution in [2.24, 2.45) is 0 Å². The highest BCUT2D eigenvalue weighted by Gasteiger charge is 2.24. The van der Waals surface area contributed by atoms with Crippen molar-refractivity contribution < 1.29 is 18.4 Å². The molecule has 7 nitrogen and oxygen atoms in total. The molecule has 0 fully saturated rings. The van der Waals surface area contributed by atoms with Gasteiger partial charge in [-0.15, -0.1) is 0 Å². The van der Waals surface area contributed by atoms with Gasteiger partial charge in [-0.2, -0.15) is 0 Å². The van der Waals surface area contributed by atoms with Crippen LogP contribution in [-0.4, -0.2) is 32.3 Å². The van der Waals surface area contributed by atoms with Gasteiger partial charge in [0.1, 0.15) is 11.6 Å². The Kier molecular flexibility index (Phi) is 6.63. The van der Waals surface area contributed by atoms with Crippen LogP contribution in [0, 0.1) is 11.6 Å². The molecule has 1 unspecified atom stereocenters. The van der Waals surface area contributed by atoms with E-state index in [9.17, 15) is 23.2 Å². The third kappa shape index (κ3) is 5.31. The Morgan fingerprint density at radius 2 is 1.81 bits per heavy atom. The maximum atomic E-state index is 14.6. The molecule has 0 saturated heterocycles. The molecule has 0 spiro atoms. The van der Waals surface area contributed by atoms with Crippen molar-refractivity contribution in [1.82, 2.24) is 20.2 Å². The zero-order valence-electron chi connectivity index (χ0n) is 17.9. The van der Waals surface area contributed by atoms with Gasteiger partial charge in [-0.1, -0.05) is 23.9 Å². The molecule has 3 amide bonds. The van der Waals surface area contributed by atoms with E-state index in [2.05, 4.69) is 15.6 Å². The lowest BCUT2D eigenvalue weighted by atomic mass is 10.1. The molecule has 1 atom stereocenters. The second kappa shape index (κ2) is 9.07. The first kappa shape index (κ1) is 23.4. The van der Waals surface area contributed by atoms with Gasteiger partial charge in [0, 0.05) is 11.6 Å². The van der Waals surface area contributed by atoms with Crippen LogP contribution in [0.3, 0.4) is 0 Å². The lowest BCUT2D eigenvalue weighted by Gasteiger charge is -2.21. The minimum atomic E-state index is -0.951. The Bertz CT molecular complexity index is 1250. The van der Waals surface area contributed by atoms with E-state index in [0.29, 0.717) is 11.6 Å².